The fourth-order valence-corrected chi connectivity index (χ4v) is 6.41. The van der Waals surface area contributed by atoms with Gasteiger partial charge in [0.05, 0.1) is 6.42 Å². The highest BCUT2D eigenvalue weighted by Crippen LogP contribution is 2.41. The molecule has 1 aliphatic carbocycles. The van der Waals surface area contributed by atoms with Crippen molar-refractivity contribution in [3.63, 3.8) is 0 Å². The van der Waals surface area contributed by atoms with Gasteiger partial charge in [0, 0.05) is 17.9 Å². The zero-order valence-corrected chi connectivity index (χ0v) is 25.9. The maximum atomic E-state index is 13.5. The molecule has 0 radical (unpaired) electrons. The quantitative estimate of drug-likeness (QED) is 0.256. The van der Waals surface area contributed by atoms with Gasteiger partial charge in [-0.1, -0.05) is 91.1 Å². The topological polar surface area (TPSA) is 51.2 Å². The summed E-state index contributed by atoms with van der Waals surface area (Å²) in [7, 11) is 0. The highest BCUT2D eigenvalue weighted by atomic mass is 16.1. The lowest BCUT2D eigenvalue weighted by molar-refractivity contribution is -0.129. The second kappa shape index (κ2) is 15.9. The molecule has 0 aliphatic heterocycles. The van der Waals surface area contributed by atoms with Crippen LogP contribution in [-0.2, 0) is 28.9 Å². The van der Waals surface area contributed by atoms with Crippen LogP contribution in [0.3, 0.4) is 0 Å². The molecule has 0 heterocycles. The molecule has 0 N–H and O–H groups in total. The molecule has 0 spiro atoms. The van der Waals surface area contributed by atoms with Crippen molar-refractivity contribution < 1.29 is 14.4 Å². The Morgan fingerprint density at radius 3 is 2.15 bits per heavy atom. The number of benzene rings is 2. The second-order valence-corrected chi connectivity index (χ2v) is 11.5. The fourth-order valence-electron chi connectivity index (χ4n) is 6.41. The van der Waals surface area contributed by atoms with E-state index in [9.17, 15) is 14.4 Å². The number of fused-ring (bicyclic) bond motifs is 1. The van der Waals surface area contributed by atoms with Crippen LogP contribution in [0, 0.1) is 24.7 Å². The molecule has 2 aromatic carbocycles. The summed E-state index contributed by atoms with van der Waals surface area (Å²) in [6.45, 7) is 16.4. The molecular weight excluding hydrogens is 480 g/mol. The van der Waals surface area contributed by atoms with E-state index in [0.717, 1.165) is 56.1 Å². The van der Waals surface area contributed by atoms with E-state index < -0.39 is 0 Å². The third-order valence-corrected chi connectivity index (χ3v) is 8.16. The van der Waals surface area contributed by atoms with Gasteiger partial charge in [-0.05, 0) is 91.2 Å². The highest BCUT2D eigenvalue weighted by Gasteiger charge is 2.34. The molecule has 0 amide bonds. The van der Waals surface area contributed by atoms with Crippen LogP contribution in [0.15, 0.2) is 30.3 Å². The van der Waals surface area contributed by atoms with Crippen LogP contribution in [0.5, 0.6) is 0 Å². The zero-order valence-electron chi connectivity index (χ0n) is 25.9. The van der Waals surface area contributed by atoms with E-state index in [1.165, 1.54) is 41.2 Å². The molecule has 3 heteroatoms. The predicted molar refractivity (Wildman–Crippen MR) is 165 cm³/mol. The summed E-state index contributed by atoms with van der Waals surface area (Å²) in [5, 5.41) is 0. The molecule has 3 atom stereocenters. The predicted octanol–water partition coefficient (Wildman–Crippen LogP) is 9.33. The van der Waals surface area contributed by atoms with Gasteiger partial charge in [0.2, 0.25) is 0 Å². The Morgan fingerprint density at radius 1 is 0.923 bits per heavy atom. The lowest BCUT2D eigenvalue weighted by Crippen LogP contribution is -2.30. The van der Waals surface area contributed by atoms with Crippen LogP contribution in [0.2, 0.25) is 0 Å². The maximum Gasteiger partial charge on any atom is 0.163 e. The molecule has 2 aromatic rings. The standard InChI is InChI=1S/C33H44O3.C3H8/c1-7-11-26(27(10-4)31(35)16-22(6)34)18-24-19-30-29(14-12-21(5)33(30)32(36)20-24)28-15-13-23(8-2)17-25(28)9-3;1-3-2/h12-15,17,24,26-27H,7-11,16,18-20H2,1-6H3;3H2,1-2H3. The lowest BCUT2D eigenvalue weighted by atomic mass is 9.71. The summed E-state index contributed by atoms with van der Waals surface area (Å²) in [5.41, 5.74) is 8.28. The van der Waals surface area contributed by atoms with E-state index in [4.69, 9.17) is 0 Å². The van der Waals surface area contributed by atoms with Gasteiger partial charge >= 0.3 is 0 Å². The first-order valence-corrected chi connectivity index (χ1v) is 15.4. The van der Waals surface area contributed by atoms with Crippen LogP contribution < -0.4 is 0 Å². The summed E-state index contributed by atoms with van der Waals surface area (Å²) in [5.74, 6) is 0.594. The van der Waals surface area contributed by atoms with E-state index in [-0.39, 0.29) is 41.5 Å². The van der Waals surface area contributed by atoms with Crippen LogP contribution in [-0.4, -0.2) is 17.3 Å². The van der Waals surface area contributed by atoms with Crippen molar-refractivity contribution in [2.24, 2.45) is 17.8 Å². The Kier molecular flexibility index (Phi) is 13.3. The summed E-state index contributed by atoms with van der Waals surface area (Å²) in [4.78, 5) is 38.1. The molecule has 0 saturated heterocycles. The number of rotatable bonds is 12. The van der Waals surface area contributed by atoms with Crippen molar-refractivity contribution in [3.8, 4) is 11.1 Å². The molecule has 3 unspecified atom stereocenters. The summed E-state index contributed by atoms with van der Waals surface area (Å²) in [6.07, 6.45) is 8.24. The SMILES string of the molecule is CCC.CCCC(CC1CC(=O)c2c(C)ccc(-c3ccc(CC)cc3CC)c2C1)C(CC)C(=O)CC(C)=O. The smallest absolute Gasteiger partial charge is 0.163 e. The summed E-state index contributed by atoms with van der Waals surface area (Å²) < 4.78 is 0. The van der Waals surface area contributed by atoms with Crippen LogP contribution in [0.25, 0.3) is 11.1 Å². The second-order valence-electron chi connectivity index (χ2n) is 11.5. The molecule has 39 heavy (non-hydrogen) atoms. The van der Waals surface area contributed by atoms with Gasteiger partial charge < -0.3 is 0 Å². The van der Waals surface area contributed by atoms with Crippen molar-refractivity contribution in [1.82, 2.24) is 0 Å². The van der Waals surface area contributed by atoms with Crippen LogP contribution in [0.1, 0.15) is 126 Å². The van der Waals surface area contributed by atoms with Crippen molar-refractivity contribution in [1.29, 1.82) is 0 Å². The average molecular weight is 533 g/mol. The molecule has 214 valence electrons. The zero-order chi connectivity index (χ0) is 29.1. The minimum absolute atomic E-state index is 0.0298. The molecule has 3 rings (SSSR count). The number of carbonyl (C=O) groups is 3. The van der Waals surface area contributed by atoms with Gasteiger partial charge in [0.25, 0.3) is 0 Å². The Morgan fingerprint density at radius 2 is 1.59 bits per heavy atom. The fraction of sp³-hybridized carbons (Fsp3) is 0.583. The number of aryl methyl sites for hydroxylation is 3. The van der Waals surface area contributed by atoms with Crippen molar-refractivity contribution >= 4 is 17.3 Å². The van der Waals surface area contributed by atoms with Gasteiger partial charge in [0.15, 0.2) is 5.78 Å². The third-order valence-electron chi connectivity index (χ3n) is 8.16. The molecule has 0 saturated carbocycles. The molecule has 0 fully saturated rings. The number of Topliss-reactive ketones (excluding diaryl/α,β-unsaturated/α-hetero) is 3. The van der Waals surface area contributed by atoms with E-state index in [0.29, 0.717) is 6.42 Å². The molecular formula is C36H52O3. The highest BCUT2D eigenvalue weighted by molar-refractivity contribution is 6.02. The van der Waals surface area contributed by atoms with Gasteiger partial charge in [-0.2, -0.15) is 0 Å². The molecule has 1 aliphatic rings. The summed E-state index contributed by atoms with van der Waals surface area (Å²) in [6, 6.07) is 11.1. The Bertz CT molecular complexity index is 1130. The van der Waals surface area contributed by atoms with Crippen molar-refractivity contribution in [3.05, 3.63) is 58.1 Å². The van der Waals surface area contributed by atoms with Gasteiger partial charge in [-0.3, -0.25) is 14.4 Å². The average Bonchev–Trinajstić information content (AvgIpc) is 2.89. The first-order chi connectivity index (χ1) is 18.6. The first-order valence-electron chi connectivity index (χ1n) is 15.4. The van der Waals surface area contributed by atoms with E-state index in [2.05, 4.69) is 78.8 Å². The van der Waals surface area contributed by atoms with Gasteiger partial charge in [0.1, 0.15) is 11.6 Å². The third kappa shape index (κ3) is 8.47. The number of carbonyl (C=O) groups excluding carboxylic acids is 3. The van der Waals surface area contributed by atoms with E-state index in [1.54, 1.807) is 0 Å². The number of hydrogen-bond donors (Lipinski definition) is 0. The normalized spacial score (nSPS) is 16.1. The van der Waals surface area contributed by atoms with Crippen molar-refractivity contribution in [2.75, 3.05) is 0 Å². The van der Waals surface area contributed by atoms with Crippen LogP contribution >= 0.6 is 0 Å². The lowest BCUT2D eigenvalue weighted by Gasteiger charge is -2.32. The molecule has 0 bridgehead atoms. The monoisotopic (exact) mass is 532 g/mol. The van der Waals surface area contributed by atoms with E-state index in [1.807, 2.05) is 0 Å². The Balaban J connectivity index is 0.00000170. The minimum Gasteiger partial charge on any atom is -0.300 e. The maximum absolute atomic E-state index is 13.5. The minimum atomic E-state index is -0.101. The number of ketones is 3. The van der Waals surface area contributed by atoms with Crippen LogP contribution in [0.4, 0.5) is 0 Å². The largest absolute Gasteiger partial charge is 0.300 e. The number of hydrogen-bond acceptors (Lipinski definition) is 3. The Hall–Kier alpha value is -2.55. The van der Waals surface area contributed by atoms with Gasteiger partial charge in [-0.25, -0.2) is 0 Å². The Labute approximate surface area is 238 Å². The van der Waals surface area contributed by atoms with E-state index >= 15 is 0 Å². The summed E-state index contributed by atoms with van der Waals surface area (Å²) >= 11 is 0. The van der Waals surface area contributed by atoms with Crippen molar-refractivity contribution in [2.45, 2.75) is 120 Å². The molecule has 3 nitrogen and oxygen atoms in total. The van der Waals surface area contributed by atoms with Gasteiger partial charge in [-0.15, -0.1) is 0 Å². The molecule has 0 aromatic heterocycles. The first kappa shape index (κ1) is 32.7.